The smallest absolute Gasteiger partial charge is 0.313 e. The van der Waals surface area contributed by atoms with E-state index in [1.165, 1.54) is 4.90 Å². The van der Waals surface area contributed by atoms with Crippen molar-refractivity contribution in [1.82, 2.24) is 14.8 Å². The maximum Gasteiger partial charge on any atom is 0.328 e. The monoisotopic (exact) mass is 309 g/mol. The second-order valence-corrected chi connectivity index (χ2v) is 5.84. The van der Waals surface area contributed by atoms with Crippen LogP contribution in [0.25, 0.3) is 0 Å². The molecule has 0 saturated carbocycles. The van der Waals surface area contributed by atoms with E-state index in [1.54, 1.807) is 11.1 Å². The van der Waals surface area contributed by atoms with E-state index >= 15 is 0 Å². The van der Waals surface area contributed by atoms with Crippen molar-refractivity contribution in [3.63, 3.8) is 0 Å². The topological polar surface area (TPSA) is 53.5 Å². The molecular weight excluding hydrogens is 290 g/mol. The first-order valence-electron chi connectivity index (χ1n) is 7.68. The van der Waals surface area contributed by atoms with Crippen molar-refractivity contribution in [3.05, 3.63) is 66.0 Å². The van der Waals surface area contributed by atoms with E-state index in [4.69, 9.17) is 0 Å². The highest BCUT2D eigenvalue weighted by molar-refractivity contribution is 6.02. The van der Waals surface area contributed by atoms with Crippen molar-refractivity contribution in [1.29, 1.82) is 0 Å². The number of carbonyl (C=O) groups excluding carboxylic acids is 2. The first-order chi connectivity index (χ1) is 11.1. The Morgan fingerprint density at radius 3 is 2.26 bits per heavy atom. The van der Waals surface area contributed by atoms with Gasteiger partial charge in [0.15, 0.2) is 0 Å². The molecule has 1 aromatic heterocycles. The molecule has 0 bridgehead atoms. The Morgan fingerprint density at radius 2 is 1.70 bits per heavy atom. The molecule has 0 N–H and O–H groups in total. The number of carbonyl (C=O) groups is 2. The summed E-state index contributed by atoms with van der Waals surface area (Å²) in [6.07, 6.45) is 1.68. The maximum atomic E-state index is 12.7. The van der Waals surface area contributed by atoms with Crippen molar-refractivity contribution >= 4 is 11.9 Å². The first-order valence-corrected chi connectivity index (χ1v) is 7.68. The molecule has 0 unspecified atom stereocenters. The van der Waals surface area contributed by atoms with Gasteiger partial charge in [-0.2, -0.15) is 0 Å². The molecule has 3 rings (SSSR count). The van der Waals surface area contributed by atoms with Crippen LogP contribution < -0.4 is 0 Å². The molecule has 0 aliphatic carbocycles. The standard InChI is InChI=1S/C18H19N3O2/c1-13(2)20-12-16(22)21(18(20)23)17(14-8-4-3-5-9-14)15-10-6-7-11-19-15/h3-11,13,17H,12H2,1-2H3/t17-/m1/s1. The van der Waals surface area contributed by atoms with Gasteiger partial charge in [-0.1, -0.05) is 36.4 Å². The molecule has 1 aliphatic heterocycles. The Balaban J connectivity index is 2.06. The number of pyridine rings is 1. The van der Waals surface area contributed by atoms with Crippen LogP contribution in [-0.2, 0) is 4.79 Å². The van der Waals surface area contributed by atoms with E-state index in [0.717, 1.165) is 5.56 Å². The number of rotatable bonds is 4. The maximum absolute atomic E-state index is 12.7. The van der Waals surface area contributed by atoms with Crippen LogP contribution in [0.15, 0.2) is 54.7 Å². The fourth-order valence-electron chi connectivity index (χ4n) is 2.82. The summed E-state index contributed by atoms with van der Waals surface area (Å²) in [7, 11) is 0. The van der Waals surface area contributed by atoms with Crippen molar-refractivity contribution in [2.75, 3.05) is 6.54 Å². The summed E-state index contributed by atoms with van der Waals surface area (Å²) in [5.41, 5.74) is 1.56. The highest BCUT2D eigenvalue weighted by atomic mass is 16.2. The normalized spacial score (nSPS) is 16.3. The number of imide groups is 1. The third kappa shape index (κ3) is 2.82. The SMILES string of the molecule is CC(C)N1CC(=O)N([C@H](c2ccccc2)c2ccccn2)C1=O. The van der Waals surface area contributed by atoms with Crippen LogP contribution in [0.4, 0.5) is 4.79 Å². The van der Waals surface area contributed by atoms with Gasteiger partial charge in [-0.3, -0.25) is 9.78 Å². The summed E-state index contributed by atoms with van der Waals surface area (Å²) in [6, 6.07) is 14.3. The van der Waals surface area contributed by atoms with Crippen molar-refractivity contribution < 1.29 is 9.59 Å². The highest BCUT2D eigenvalue weighted by Crippen LogP contribution is 2.31. The van der Waals surface area contributed by atoms with Crippen molar-refractivity contribution in [2.24, 2.45) is 0 Å². The van der Waals surface area contributed by atoms with Crippen LogP contribution in [-0.4, -0.2) is 39.3 Å². The van der Waals surface area contributed by atoms with E-state index in [-0.39, 0.29) is 24.5 Å². The minimum atomic E-state index is -0.499. The summed E-state index contributed by atoms with van der Waals surface area (Å²) in [4.78, 5) is 32.6. The Morgan fingerprint density at radius 1 is 1.00 bits per heavy atom. The quantitative estimate of drug-likeness (QED) is 0.816. The minimum Gasteiger partial charge on any atom is -0.313 e. The van der Waals surface area contributed by atoms with E-state index in [1.807, 2.05) is 62.4 Å². The van der Waals surface area contributed by atoms with Gasteiger partial charge in [-0.25, -0.2) is 9.69 Å². The molecular formula is C18H19N3O2. The van der Waals surface area contributed by atoms with Crippen LogP contribution in [0.5, 0.6) is 0 Å². The van der Waals surface area contributed by atoms with Gasteiger partial charge >= 0.3 is 6.03 Å². The van der Waals surface area contributed by atoms with Gasteiger partial charge in [-0.05, 0) is 31.5 Å². The molecule has 0 radical (unpaired) electrons. The number of aromatic nitrogens is 1. The van der Waals surface area contributed by atoms with Gasteiger partial charge in [-0.15, -0.1) is 0 Å². The summed E-state index contributed by atoms with van der Waals surface area (Å²) in [6.45, 7) is 3.94. The molecule has 1 atom stereocenters. The zero-order valence-electron chi connectivity index (χ0n) is 13.2. The molecule has 1 aromatic carbocycles. The molecule has 1 fully saturated rings. The Labute approximate surface area is 135 Å². The highest BCUT2D eigenvalue weighted by Gasteiger charge is 2.43. The number of hydrogen-bond donors (Lipinski definition) is 0. The van der Waals surface area contributed by atoms with Gasteiger partial charge in [0.25, 0.3) is 5.91 Å². The van der Waals surface area contributed by atoms with Crippen LogP contribution in [0.2, 0.25) is 0 Å². The molecule has 1 saturated heterocycles. The Kier molecular flexibility index (Phi) is 4.10. The predicted molar refractivity (Wildman–Crippen MR) is 86.6 cm³/mol. The minimum absolute atomic E-state index is 0.0170. The van der Waals surface area contributed by atoms with Crippen molar-refractivity contribution in [2.45, 2.75) is 25.9 Å². The second-order valence-electron chi connectivity index (χ2n) is 5.84. The fourth-order valence-corrected chi connectivity index (χ4v) is 2.82. The lowest BCUT2D eigenvalue weighted by atomic mass is 10.0. The number of hydrogen-bond acceptors (Lipinski definition) is 3. The molecule has 23 heavy (non-hydrogen) atoms. The fraction of sp³-hybridized carbons (Fsp3) is 0.278. The third-order valence-electron chi connectivity index (χ3n) is 3.99. The molecule has 2 aromatic rings. The summed E-state index contributed by atoms with van der Waals surface area (Å²) < 4.78 is 0. The number of urea groups is 1. The van der Waals surface area contributed by atoms with Crippen LogP contribution in [0.3, 0.4) is 0 Å². The van der Waals surface area contributed by atoms with Crippen molar-refractivity contribution in [3.8, 4) is 0 Å². The summed E-state index contributed by atoms with van der Waals surface area (Å²) in [5, 5.41) is 0. The van der Waals surface area contributed by atoms with Gasteiger partial charge in [0.1, 0.15) is 12.6 Å². The average Bonchev–Trinajstić information content (AvgIpc) is 2.86. The van der Waals surface area contributed by atoms with Crippen LogP contribution in [0, 0.1) is 0 Å². The molecule has 2 heterocycles. The first kappa shape index (κ1) is 15.2. The largest absolute Gasteiger partial charge is 0.328 e. The number of amides is 3. The van der Waals surface area contributed by atoms with Crippen LogP contribution in [0.1, 0.15) is 31.1 Å². The van der Waals surface area contributed by atoms with Gasteiger partial charge in [0.05, 0.1) is 5.69 Å². The molecule has 118 valence electrons. The number of benzene rings is 1. The van der Waals surface area contributed by atoms with Gasteiger partial charge in [0, 0.05) is 12.2 Å². The van der Waals surface area contributed by atoms with Crippen LogP contribution >= 0.6 is 0 Å². The second kappa shape index (κ2) is 6.20. The Bertz CT molecular complexity index is 661. The lowest BCUT2D eigenvalue weighted by Crippen LogP contribution is -2.39. The predicted octanol–water partition coefficient (Wildman–Crippen LogP) is 2.84. The van der Waals surface area contributed by atoms with Gasteiger partial charge < -0.3 is 4.90 Å². The lowest BCUT2D eigenvalue weighted by molar-refractivity contribution is -0.126. The van der Waals surface area contributed by atoms with E-state index in [0.29, 0.717) is 5.69 Å². The Hall–Kier alpha value is -2.69. The average molecular weight is 309 g/mol. The molecule has 3 amide bonds. The van der Waals surface area contributed by atoms with Gasteiger partial charge in [0.2, 0.25) is 0 Å². The summed E-state index contributed by atoms with van der Waals surface area (Å²) in [5.74, 6) is -0.191. The molecule has 5 nitrogen and oxygen atoms in total. The zero-order valence-corrected chi connectivity index (χ0v) is 13.2. The summed E-state index contributed by atoms with van der Waals surface area (Å²) >= 11 is 0. The third-order valence-corrected chi connectivity index (χ3v) is 3.99. The molecule has 1 aliphatic rings. The molecule has 0 spiro atoms. The zero-order chi connectivity index (χ0) is 16.4. The van der Waals surface area contributed by atoms with E-state index in [2.05, 4.69) is 4.98 Å². The van der Waals surface area contributed by atoms with E-state index in [9.17, 15) is 9.59 Å². The number of nitrogens with zero attached hydrogens (tertiary/aromatic N) is 3. The molecule has 5 heteroatoms. The lowest BCUT2D eigenvalue weighted by Gasteiger charge is -2.27. The van der Waals surface area contributed by atoms with E-state index < -0.39 is 6.04 Å².